The van der Waals surface area contributed by atoms with Gasteiger partial charge in [-0.25, -0.2) is 0 Å². The molecule has 0 heterocycles. The molecule has 3 aliphatic carbocycles. The maximum Gasteiger partial charge on any atom is 0.249 e. The molecule has 5 unspecified atom stereocenters. The molecule has 5 atom stereocenters. The second-order valence-electron chi connectivity index (χ2n) is 8.25. The van der Waals surface area contributed by atoms with E-state index in [1.165, 1.54) is 17.5 Å². The number of aryl methyl sites for hydroxylation is 1. The first-order chi connectivity index (χ1) is 12.8. The van der Waals surface area contributed by atoms with Gasteiger partial charge in [-0.3, -0.25) is 0 Å². The zero-order valence-corrected chi connectivity index (χ0v) is 15.9. The van der Waals surface area contributed by atoms with Crippen LogP contribution in [0.15, 0.2) is 18.2 Å². The Labute approximate surface area is 160 Å². The lowest BCUT2D eigenvalue weighted by Gasteiger charge is -2.52. The van der Waals surface area contributed by atoms with Crippen LogP contribution in [-0.4, -0.2) is 29.1 Å². The molecule has 2 N–H and O–H groups in total. The van der Waals surface area contributed by atoms with Gasteiger partial charge in [0.25, 0.3) is 0 Å². The molecule has 0 spiro atoms. The van der Waals surface area contributed by atoms with Crippen LogP contribution in [0.5, 0.6) is 5.75 Å². The number of hydrogen-bond acceptors (Lipinski definition) is 4. The molecule has 5 nitrogen and oxygen atoms in total. The van der Waals surface area contributed by atoms with E-state index in [-0.39, 0.29) is 5.41 Å². The van der Waals surface area contributed by atoms with Crippen molar-refractivity contribution < 1.29 is 24.9 Å². The summed E-state index contributed by atoms with van der Waals surface area (Å²) in [7, 11) is 1.73. The van der Waals surface area contributed by atoms with E-state index in [4.69, 9.17) is 26.2 Å². The van der Waals surface area contributed by atoms with Gasteiger partial charge in [-0.2, -0.15) is 0 Å². The number of fused-ring (bicyclic) bond motifs is 5. The Balaban J connectivity index is 0.000000481. The number of carbonyl (C=O) groups is 1. The molecular formula is C22H27O5-. The third-order valence-corrected chi connectivity index (χ3v) is 7.32. The number of hydrogen-bond donors (Lipinski definition) is 2. The minimum Gasteiger partial charge on any atom is -0.565 e. The molecule has 2 fully saturated rings. The first-order valence-electron chi connectivity index (χ1n) is 9.52. The lowest BCUT2D eigenvalue weighted by molar-refractivity contribution is -0.275. The fourth-order valence-electron chi connectivity index (χ4n) is 5.94. The van der Waals surface area contributed by atoms with Crippen molar-refractivity contribution in [2.24, 2.45) is 17.3 Å². The standard InChI is InChI=1S/C21H26O2.CH2O3/c1-4-21(22)12-10-19-18-7-5-14-13-15(23-3)6-8-16(14)17(18)9-11-20(19,21)2;2-1(3)4/h1,6,8,13,17-19,22H,5,7,9-12H2,2-3H3;(H2,2,3,4)/p-1. The smallest absolute Gasteiger partial charge is 0.249 e. The quantitative estimate of drug-likeness (QED) is 0.741. The molecule has 0 saturated heterocycles. The highest BCUT2D eigenvalue weighted by molar-refractivity contribution is 5.50. The van der Waals surface area contributed by atoms with Crippen LogP contribution in [-0.2, 0) is 6.42 Å². The van der Waals surface area contributed by atoms with Gasteiger partial charge in [-0.15, -0.1) is 6.42 Å². The van der Waals surface area contributed by atoms with Gasteiger partial charge >= 0.3 is 0 Å². The normalized spacial score (nSPS) is 36.1. The van der Waals surface area contributed by atoms with E-state index < -0.39 is 11.8 Å². The molecule has 0 radical (unpaired) electrons. The van der Waals surface area contributed by atoms with Crippen LogP contribution in [0.3, 0.4) is 0 Å². The van der Waals surface area contributed by atoms with Gasteiger partial charge in [0.1, 0.15) is 11.4 Å². The summed E-state index contributed by atoms with van der Waals surface area (Å²) in [6.45, 7) is 2.24. The van der Waals surface area contributed by atoms with E-state index in [1.54, 1.807) is 7.11 Å². The lowest BCUT2D eigenvalue weighted by Crippen LogP contribution is -2.50. The maximum absolute atomic E-state index is 11.0. The fourth-order valence-corrected chi connectivity index (χ4v) is 5.94. The highest BCUT2D eigenvalue weighted by atomic mass is 16.6. The van der Waals surface area contributed by atoms with Crippen molar-refractivity contribution in [1.82, 2.24) is 0 Å². The highest BCUT2D eigenvalue weighted by Crippen LogP contribution is 2.64. The van der Waals surface area contributed by atoms with Crippen LogP contribution >= 0.6 is 0 Å². The number of ether oxygens (including phenoxy) is 1. The Morgan fingerprint density at radius 2 is 2.04 bits per heavy atom. The molecule has 27 heavy (non-hydrogen) atoms. The molecule has 0 bridgehead atoms. The topological polar surface area (TPSA) is 89.8 Å². The predicted molar refractivity (Wildman–Crippen MR) is 99.4 cm³/mol. The van der Waals surface area contributed by atoms with Crippen LogP contribution in [0.25, 0.3) is 0 Å². The molecule has 2 saturated carbocycles. The van der Waals surface area contributed by atoms with E-state index in [0.717, 1.165) is 37.9 Å². The fraction of sp³-hybridized carbons (Fsp3) is 0.591. The largest absolute Gasteiger partial charge is 0.565 e. The first-order valence-corrected chi connectivity index (χ1v) is 9.52. The molecule has 146 valence electrons. The molecule has 1 aromatic rings. The van der Waals surface area contributed by atoms with Crippen LogP contribution < -0.4 is 9.84 Å². The van der Waals surface area contributed by atoms with Crippen molar-refractivity contribution in [3.05, 3.63) is 29.3 Å². The second-order valence-corrected chi connectivity index (χ2v) is 8.25. The number of terminal acetylenes is 1. The van der Waals surface area contributed by atoms with Crippen LogP contribution in [0.1, 0.15) is 56.1 Å². The van der Waals surface area contributed by atoms with Crippen molar-refractivity contribution in [1.29, 1.82) is 0 Å². The summed E-state index contributed by atoms with van der Waals surface area (Å²) in [6.07, 6.45) is 9.99. The molecule has 3 aliphatic rings. The van der Waals surface area contributed by atoms with Gasteiger partial charge < -0.3 is 24.9 Å². The molecule has 0 amide bonds. The van der Waals surface area contributed by atoms with Crippen molar-refractivity contribution >= 4 is 6.16 Å². The number of aliphatic hydroxyl groups is 1. The van der Waals surface area contributed by atoms with Gasteiger partial charge in [-0.1, -0.05) is 18.9 Å². The number of rotatable bonds is 1. The lowest BCUT2D eigenvalue weighted by atomic mass is 9.53. The minimum atomic E-state index is -2.08. The molecule has 1 aromatic carbocycles. The highest BCUT2D eigenvalue weighted by Gasteiger charge is 2.61. The Bertz CT molecular complexity index is 762. The van der Waals surface area contributed by atoms with Crippen LogP contribution in [0.4, 0.5) is 4.79 Å². The zero-order chi connectivity index (χ0) is 19.8. The van der Waals surface area contributed by atoms with E-state index in [1.807, 2.05) is 0 Å². The van der Waals surface area contributed by atoms with Gasteiger partial charge in [0, 0.05) is 5.41 Å². The van der Waals surface area contributed by atoms with Crippen LogP contribution in [0, 0.1) is 29.6 Å². The van der Waals surface area contributed by atoms with E-state index in [0.29, 0.717) is 17.8 Å². The number of benzene rings is 1. The average molecular weight is 371 g/mol. The molecular weight excluding hydrogens is 344 g/mol. The van der Waals surface area contributed by atoms with Crippen molar-refractivity contribution in [3.63, 3.8) is 0 Å². The van der Waals surface area contributed by atoms with Crippen molar-refractivity contribution in [2.45, 2.75) is 57.0 Å². The summed E-state index contributed by atoms with van der Waals surface area (Å²) in [6, 6.07) is 6.59. The molecule has 0 aliphatic heterocycles. The Hall–Kier alpha value is -2.19. The number of carboxylic acid groups (broad SMARTS) is 2. The van der Waals surface area contributed by atoms with Crippen LogP contribution in [0.2, 0.25) is 0 Å². The van der Waals surface area contributed by atoms with Crippen molar-refractivity contribution in [2.75, 3.05) is 7.11 Å². The molecule has 0 aromatic heterocycles. The van der Waals surface area contributed by atoms with Gasteiger partial charge in [0.2, 0.25) is 6.16 Å². The predicted octanol–water partition coefficient (Wildman–Crippen LogP) is 2.80. The summed E-state index contributed by atoms with van der Waals surface area (Å²) in [5.74, 6) is 5.56. The summed E-state index contributed by atoms with van der Waals surface area (Å²) in [4.78, 5) is 8.44. The van der Waals surface area contributed by atoms with Crippen molar-refractivity contribution in [3.8, 4) is 18.1 Å². The summed E-state index contributed by atoms with van der Waals surface area (Å²) in [5, 5.41) is 26.3. The Kier molecular flexibility index (Phi) is 5.14. The number of methoxy groups -OCH3 is 1. The van der Waals surface area contributed by atoms with Gasteiger partial charge in [-0.05, 0) is 79.5 Å². The second kappa shape index (κ2) is 7.09. The van der Waals surface area contributed by atoms with E-state index >= 15 is 0 Å². The molecule has 5 heteroatoms. The van der Waals surface area contributed by atoms with E-state index in [2.05, 4.69) is 31.0 Å². The monoisotopic (exact) mass is 371 g/mol. The van der Waals surface area contributed by atoms with Gasteiger partial charge in [0.15, 0.2) is 0 Å². The van der Waals surface area contributed by atoms with E-state index in [9.17, 15) is 5.11 Å². The third kappa shape index (κ3) is 3.17. The third-order valence-electron chi connectivity index (χ3n) is 7.32. The van der Waals surface area contributed by atoms with Gasteiger partial charge in [0.05, 0.1) is 7.11 Å². The average Bonchev–Trinajstić information content (AvgIpc) is 2.92. The zero-order valence-electron chi connectivity index (χ0n) is 15.9. The summed E-state index contributed by atoms with van der Waals surface area (Å²) >= 11 is 0. The molecule has 4 rings (SSSR count). The summed E-state index contributed by atoms with van der Waals surface area (Å²) in [5.41, 5.74) is 1.97. The minimum absolute atomic E-state index is 0.104. The maximum atomic E-state index is 11.0. The Morgan fingerprint density at radius 1 is 1.33 bits per heavy atom. The Morgan fingerprint density at radius 3 is 2.67 bits per heavy atom. The summed E-state index contributed by atoms with van der Waals surface area (Å²) < 4.78 is 5.39. The SMILES string of the molecule is C#CC1(O)CCC2C3CCc4cc(OC)ccc4C3CCC21C.O=C([O-])O. The first kappa shape index (κ1) is 19.6.